The molecule has 8 heteroatoms. The first-order chi connectivity index (χ1) is 16.1. The van der Waals surface area contributed by atoms with Gasteiger partial charge >= 0.3 is 0 Å². The molecule has 2 aromatic heterocycles. The summed E-state index contributed by atoms with van der Waals surface area (Å²) in [7, 11) is 0. The monoisotopic (exact) mass is 446 g/mol. The fourth-order valence-corrected chi connectivity index (χ4v) is 4.99. The summed E-state index contributed by atoms with van der Waals surface area (Å²) < 4.78 is 1.82. The molecule has 1 fully saturated rings. The molecule has 33 heavy (non-hydrogen) atoms. The largest absolute Gasteiger partial charge is 0.390 e. The van der Waals surface area contributed by atoms with Crippen molar-refractivity contribution in [2.45, 2.75) is 57.2 Å². The lowest BCUT2D eigenvalue weighted by Crippen LogP contribution is -2.32. The number of fused-ring (bicyclic) bond motifs is 1. The van der Waals surface area contributed by atoms with Gasteiger partial charge in [0.1, 0.15) is 11.9 Å². The number of anilines is 1. The van der Waals surface area contributed by atoms with Gasteiger partial charge in [0.05, 0.1) is 18.0 Å². The van der Waals surface area contributed by atoms with E-state index in [1.54, 1.807) is 0 Å². The Bertz CT molecular complexity index is 1120. The number of benzene rings is 1. The molecule has 2 N–H and O–H groups in total. The van der Waals surface area contributed by atoms with E-state index in [2.05, 4.69) is 43.7 Å². The van der Waals surface area contributed by atoms with E-state index in [1.807, 2.05) is 42.1 Å². The van der Waals surface area contributed by atoms with Crippen LogP contribution in [0.15, 0.2) is 48.7 Å². The minimum atomic E-state index is -0.474. The fraction of sp³-hybridized carbons (Fsp3) is 0.440. The van der Waals surface area contributed by atoms with Crippen molar-refractivity contribution < 1.29 is 9.90 Å². The molecule has 1 aliphatic carbocycles. The van der Waals surface area contributed by atoms with Crippen molar-refractivity contribution in [2.75, 3.05) is 18.4 Å². The summed E-state index contributed by atoms with van der Waals surface area (Å²) in [5.41, 5.74) is 4.28. The van der Waals surface area contributed by atoms with Gasteiger partial charge in [0, 0.05) is 31.0 Å². The van der Waals surface area contributed by atoms with Crippen molar-refractivity contribution in [1.82, 2.24) is 24.9 Å². The third-order valence-electron chi connectivity index (χ3n) is 6.76. The first-order valence-corrected chi connectivity index (χ1v) is 11.8. The topological polar surface area (TPSA) is 96.2 Å². The van der Waals surface area contributed by atoms with Gasteiger partial charge in [-0.05, 0) is 49.2 Å². The van der Waals surface area contributed by atoms with Crippen LogP contribution >= 0.6 is 0 Å². The standard InChI is InChI=1S/C25H30N6O2/c1-2-24(33)27-23-9-5-8-21(26-23)17-10-12-30(13-11-17)15-19-16-31(29-28-19)25-20-7-4-3-6-18(20)14-22(25)32/h3-9,16-17,22,25,32H,2,10-15H2,1H3,(H,26,27,33)/t22-,25-/m1/s1. The number of aromatic nitrogens is 4. The molecule has 2 atom stereocenters. The molecule has 0 spiro atoms. The van der Waals surface area contributed by atoms with Crippen LogP contribution in [0.1, 0.15) is 60.7 Å². The second kappa shape index (κ2) is 9.41. The normalized spacial score (nSPS) is 21.2. The number of carbonyl (C=O) groups excluding carboxylic acids is 1. The Morgan fingerprint density at radius 2 is 1.97 bits per heavy atom. The van der Waals surface area contributed by atoms with Gasteiger partial charge in [-0.2, -0.15) is 0 Å². The molecule has 3 aromatic rings. The maximum Gasteiger partial charge on any atom is 0.225 e. The zero-order chi connectivity index (χ0) is 22.8. The Morgan fingerprint density at radius 1 is 1.15 bits per heavy atom. The van der Waals surface area contributed by atoms with Crippen molar-refractivity contribution >= 4 is 11.7 Å². The van der Waals surface area contributed by atoms with Gasteiger partial charge in [-0.15, -0.1) is 5.10 Å². The summed E-state index contributed by atoms with van der Waals surface area (Å²) in [6, 6.07) is 13.9. The number of rotatable bonds is 6. The Hall–Kier alpha value is -3.10. The fourth-order valence-electron chi connectivity index (χ4n) is 4.99. The lowest BCUT2D eigenvalue weighted by atomic mass is 9.93. The molecule has 0 radical (unpaired) electrons. The molecule has 0 saturated carbocycles. The van der Waals surface area contributed by atoms with E-state index >= 15 is 0 Å². The van der Waals surface area contributed by atoms with Crippen molar-refractivity contribution in [3.63, 3.8) is 0 Å². The second-order valence-electron chi connectivity index (χ2n) is 9.00. The average molecular weight is 447 g/mol. The average Bonchev–Trinajstić information content (AvgIpc) is 3.42. The second-order valence-corrected chi connectivity index (χ2v) is 9.00. The molecule has 1 aliphatic heterocycles. The number of amides is 1. The van der Waals surface area contributed by atoms with Gasteiger partial charge in [-0.3, -0.25) is 9.69 Å². The molecule has 2 aliphatic rings. The molecular weight excluding hydrogens is 416 g/mol. The van der Waals surface area contributed by atoms with Crippen molar-refractivity contribution in [1.29, 1.82) is 0 Å². The van der Waals surface area contributed by atoms with E-state index in [1.165, 1.54) is 5.56 Å². The van der Waals surface area contributed by atoms with E-state index in [-0.39, 0.29) is 11.9 Å². The Kier molecular flexibility index (Phi) is 6.20. The van der Waals surface area contributed by atoms with E-state index < -0.39 is 6.10 Å². The zero-order valence-electron chi connectivity index (χ0n) is 18.9. The van der Waals surface area contributed by atoms with Gasteiger partial charge in [0.25, 0.3) is 0 Å². The number of nitrogens with zero attached hydrogens (tertiary/aromatic N) is 5. The highest BCUT2D eigenvalue weighted by atomic mass is 16.3. The van der Waals surface area contributed by atoms with Crippen LogP contribution in [0.25, 0.3) is 0 Å². The van der Waals surface area contributed by atoms with Crippen LogP contribution in [0.4, 0.5) is 5.82 Å². The van der Waals surface area contributed by atoms with E-state index in [4.69, 9.17) is 0 Å². The summed E-state index contributed by atoms with van der Waals surface area (Å²) in [5, 5.41) is 22.2. The third-order valence-corrected chi connectivity index (χ3v) is 6.76. The molecule has 5 rings (SSSR count). The summed E-state index contributed by atoms with van der Waals surface area (Å²) in [6.07, 6.45) is 4.63. The lowest BCUT2D eigenvalue weighted by molar-refractivity contribution is -0.115. The van der Waals surface area contributed by atoms with Crippen molar-refractivity contribution in [3.05, 3.63) is 71.2 Å². The van der Waals surface area contributed by atoms with Crippen LogP contribution in [0.2, 0.25) is 0 Å². The van der Waals surface area contributed by atoms with Crippen LogP contribution in [0, 0.1) is 0 Å². The van der Waals surface area contributed by atoms with Crippen LogP contribution in [-0.2, 0) is 17.8 Å². The minimum Gasteiger partial charge on any atom is -0.390 e. The van der Waals surface area contributed by atoms with Gasteiger partial charge in [0.15, 0.2) is 0 Å². The molecule has 172 valence electrons. The molecule has 3 heterocycles. The highest BCUT2D eigenvalue weighted by Crippen LogP contribution is 2.34. The number of hydrogen-bond acceptors (Lipinski definition) is 6. The van der Waals surface area contributed by atoms with E-state index in [9.17, 15) is 9.90 Å². The molecule has 1 aromatic carbocycles. The van der Waals surface area contributed by atoms with Crippen LogP contribution < -0.4 is 5.32 Å². The number of aliphatic hydroxyl groups is 1. The first kappa shape index (κ1) is 21.7. The Morgan fingerprint density at radius 3 is 2.79 bits per heavy atom. The minimum absolute atomic E-state index is 0.0175. The highest BCUT2D eigenvalue weighted by Gasteiger charge is 2.33. The molecular formula is C25H30N6O2. The Labute approximate surface area is 193 Å². The lowest BCUT2D eigenvalue weighted by Gasteiger charge is -2.31. The summed E-state index contributed by atoms with van der Waals surface area (Å²) >= 11 is 0. The number of aliphatic hydroxyl groups excluding tert-OH is 1. The van der Waals surface area contributed by atoms with Gasteiger partial charge in [0.2, 0.25) is 5.91 Å². The van der Waals surface area contributed by atoms with E-state index in [0.29, 0.717) is 24.6 Å². The van der Waals surface area contributed by atoms with Crippen molar-refractivity contribution in [2.24, 2.45) is 0 Å². The Balaban J connectivity index is 1.19. The third kappa shape index (κ3) is 4.67. The number of piperidine rings is 1. The molecule has 8 nitrogen and oxygen atoms in total. The predicted octanol–water partition coefficient (Wildman–Crippen LogP) is 2.91. The number of carbonyl (C=O) groups is 1. The SMILES string of the molecule is CCC(=O)Nc1cccc(C2CCN(Cc3cn([C@@H]4c5ccccc5C[C@H]4O)nn3)CC2)n1. The number of pyridine rings is 1. The first-order valence-electron chi connectivity index (χ1n) is 11.8. The zero-order valence-corrected chi connectivity index (χ0v) is 18.9. The number of hydrogen-bond donors (Lipinski definition) is 2. The van der Waals surface area contributed by atoms with E-state index in [0.717, 1.165) is 49.4 Å². The van der Waals surface area contributed by atoms with Gasteiger partial charge in [-0.25, -0.2) is 9.67 Å². The molecule has 1 saturated heterocycles. The van der Waals surface area contributed by atoms with Gasteiger partial charge < -0.3 is 10.4 Å². The highest BCUT2D eigenvalue weighted by molar-refractivity contribution is 5.89. The number of likely N-dealkylation sites (tertiary alicyclic amines) is 1. The molecule has 1 amide bonds. The summed E-state index contributed by atoms with van der Waals surface area (Å²) in [4.78, 5) is 18.7. The maximum absolute atomic E-state index is 11.7. The predicted molar refractivity (Wildman–Crippen MR) is 125 cm³/mol. The quantitative estimate of drug-likeness (QED) is 0.604. The smallest absolute Gasteiger partial charge is 0.225 e. The molecule has 0 bridgehead atoms. The van der Waals surface area contributed by atoms with Gasteiger partial charge in [-0.1, -0.05) is 42.5 Å². The summed E-state index contributed by atoms with van der Waals surface area (Å²) in [6.45, 7) is 4.50. The van der Waals surface area contributed by atoms with Crippen LogP contribution in [0.5, 0.6) is 0 Å². The summed E-state index contributed by atoms with van der Waals surface area (Å²) in [5.74, 6) is 1.01. The van der Waals surface area contributed by atoms with Crippen molar-refractivity contribution in [3.8, 4) is 0 Å². The number of nitrogens with one attached hydrogen (secondary N) is 1. The molecule has 0 unspecified atom stereocenters. The van der Waals surface area contributed by atoms with Crippen LogP contribution in [0.3, 0.4) is 0 Å². The maximum atomic E-state index is 11.7. The van der Waals surface area contributed by atoms with Crippen LogP contribution in [-0.4, -0.2) is 55.1 Å².